The molecule has 3 rings (SSSR count). The van der Waals surface area contributed by atoms with Gasteiger partial charge in [-0.3, -0.25) is 0 Å². The number of fused-ring (bicyclic) bond motifs is 1. The van der Waals surface area contributed by atoms with Gasteiger partial charge in [-0.15, -0.1) is 0 Å². The van der Waals surface area contributed by atoms with Crippen molar-refractivity contribution in [2.75, 3.05) is 19.8 Å². The minimum Gasteiger partial charge on any atom is -0.490 e. The summed E-state index contributed by atoms with van der Waals surface area (Å²) in [6, 6.07) is 4.01. The molecule has 0 aromatic heterocycles. The summed E-state index contributed by atoms with van der Waals surface area (Å²) in [7, 11) is 0. The molecule has 1 aromatic rings. The fourth-order valence-corrected chi connectivity index (χ4v) is 3.15. The zero-order chi connectivity index (χ0) is 11.9. The van der Waals surface area contributed by atoms with Crippen LogP contribution in [0.1, 0.15) is 24.8 Å². The predicted octanol–water partition coefficient (Wildman–Crippen LogP) is 2.60. The molecule has 2 N–H and O–H groups in total. The molecular formula is C13H16BrNO2. The highest BCUT2D eigenvalue weighted by Gasteiger charge is 2.47. The normalized spacial score (nSPS) is 20.8. The van der Waals surface area contributed by atoms with Crippen LogP contribution >= 0.6 is 15.9 Å². The minimum absolute atomic E-state index is 0.109. The van der Waals surface area contributed by atoms with E-state index in [0.29, 0.717) is 6.54 Å². The van der Waals surface area contributed by atoms with Gasteiger partial charge in [0.1, 0.15) is 0 Å². The Hall–Kier alpha value is -0.740. The van der Waals surface area contributed by atoms with Gasteiger partial charge in [0.2, 0.25) is 0 Å². The Kier molecular flexibility index (Phi) is 2.79. The van der Waals surface area contributed by atoms with E-state index >= 15 is 0 Å². The van der Waals surface area contributed by atoms with E-state index in [4.69, 9.17) is 15.2 Å². The monoisotopic (exact) mass is 297 g/mol. The van der Waals surface area contributed by atoms with Crippen molar-refractivity contribution in [2.24, 2.45) is 5.73 Å². The van der Waals surface area contributed by atoms with Crippen LogP contribution < -0.4 is 15.2 Å². The zero-order valence-corrected chi connectivity index (χ0v) is 11.3. The highest BCUT2D eigenvalue weighted by molar-refractivity contribution is 9.10. The Balaban J connectivity index is 2.12. The molecule has 1 fully saturated rings. The molecule has 0 radical (unpaired) electrons. The Morgan fingerprint density at radius 2 is 2.00 bits per heavy atom. The summed E-state index contributed by atoms with van der Waals surface area (Å²) >= 11 is 3.63. The van der Waals surface area contributed by atoms with Crippen molar-refractivity contribution in [3.63, 3.8) is 0 Å². The first kappa shape index (κ1) is 11.4. The highest BCUT2D eigenvalue weighted by Crippen LogP contribution is 2.55. The lowest BCUT2D eigenvalue weighted by Gasteiger charge is -2.20. The Morgan fingerprint density at radius 3 is 2.71 bits per heavy atom. The van der Waals surface area contributed by atoms with Crippen LogP contribution in [0.25, 0.3) is 0 Å². The number of hydrogen-bond donors (Lipinski definition) is 1. The fraction of sp³-hybridized carbons (Fsp3) is 0.538. The van der Waals surface area contributed by atoms with E-state index < -0.39 is 0 Å². The van der Waals surface area contributed by atoms with E-state index in [2.05, 4.69) is 15.9 Å². The first-order valence-electron chi connectivity index (χ1n) is 6.05. The summed E-state index contributed by atoms with van der Waals surface area (Å²) in [6.07, 6.45) is 3.21. The number of rotatable bonds is 2. The summed E-state index contributed by atoms with van der Waals surface area (Å²) in [5, 5.41) is 0. The Labute approximate surface area is 109 Å². The molecule has 1 saturated carbocycles. The average Bonchev–Trinajstić information content (AvgIpc) is 3.12. The van der Waals surface area contributed by atoms with Gasteiger partial charge >= 0.3 is 0 Å². The Bertz CT molecular complexity index is 443. The lowest BCUT2D eigenvalue weighted by Crippen LogP contribution is -2.21. The van der Waals surface area contributed by atoms with Gasteiger partial charge in [0.25, 0.3) is 0 Å². The van der Waals surface area contributed by atoms with Crippen molar-refractivity contribution in [2.45, 2.75) is 24.7 Å². The van der Waals surface area contributed by atoms with Crippen molar-refractivity contribution in [1.29, 1.82) is 0 Å². The van der Waals surface area contributed by atoms with E-state index in [-0.39, 0.29) is 5.41 Å². The van der Waals surface area contributed by atoms with E-state index in [0.717, 1.165) is 48.4 Å². The molecule has 92 valence electrons. The molecule has 1 aromatic carbocycles. The molecule has 1 heterocycles. The van der Waals surface area contributed by atoms with Crippen LogP contribution in [0.3, 0.4) is 0 Å². The number of ether oxygens (including phenoxy) is 2. The topological polar surface area (TPSA) is 44.5 Å². The molecule has 0 spiro atoms. The van der Waals surface area contributed by atoms with Gasteiger partial charge in [-0.1, -0.05) is 15.9 Å². The van der Waals surface area contributed by atoms with E-state index in [1.807, 2.05) is 12.1 Å². The first-order valence-corrected chi connectivity index (χ1v) is 6.85. The summed E-state index contributed by atoms with van der Waals surface area (Å²) in [4.78, 5) is 0. The Morgan fingerprint density at radius 1 is 1.24 bits per heavy atom. The van der Waals surface area contributed by atoms with Gasteiger partial charge < -0.3 is 15.2 Å². The summed E-state index contributed by atoms with van der Waals surface area (Å²) in [5.74, 6) is 1.76. The molecule has 17 heavy (non-hydrogen) atoms. The predicted molar refractivity (Wildman–Crippen MR) is 69.7 cm³/mol. The van der Waals surface area contributed by atoms with Crippen LogP contribution in [0.2, 0.25) is 0 Å². The molecule has 1 aliphatic heterocycles. The van der Waals surface area contributed by atoms with Crippen LogP contribution in [0.15, 0.2) is 16.6 Å². The quantitative estimate of drug-likeness (QED) is 0.913. The van der Waals surface area contributed by atoms with Gasteiger partial charge in [0.15, 0.2) is 11.5 Å². The van der Waals surface area contributed by atoms with Crippen LogP contribution in [-0.4, -0.2) is 19.8 Å². The first-order chi connectivity index (χ1) is 8.27. The second kappa shape index (κ2) is 4.18. The molecule has 3 nitrogen and oxygen atoms in total. The van der Waals surface area contributed by atoms with Gasteiger partial charge in [0, 0.05) is 28.4 Å². The molecule has 1 aliphatic carbocycles. The molecule has 0 saturated heterocycles. The van der Waals surface area contributed by atoms with Gasteiger partial charge in [-0.2, -0.15) is 0 Å². The van der Waals surface area contributed by atoms with E-state index in [9.17, 15) is 0 Å². The van der Waals surface area contributed by atoms with Crippen molar-refractivity contribution >= 4 is 15.9 Å². The molecule has 2 aliphatic rings. The number of halogens is 1. The smallest absolute Gasteiger partial charge is 0.166 e. The van der Waals surface area contributed by atoms with Crippen molar-refractivity contribution < 1.29 is 9.47 Å². The highest BCUT2D eigenvalue weighted by atomic mass is 79.9. The number of benzene rings is 1. The van der Waals surface area contributed by atoms with E-state index in [1.54, 1.807) is 0 Å². The maximum atomic E-state index is 5.92. The van der Waals surface area contributed by atoms with Crippen LogP contribution in [0.5, 0.6) is 11.5 Å². The maximum absolute atomic E-state index is 5.92. The minimum atomic E-state index is 0.109. The maximum Gasteiger partial charge on any atom is 0.166 e. The lowest BCUT2D eigenvalue weighted by molar-refractivity contribution is 0.295. The molecule has 4 heteroatoms. The van der Waals surface area contributed by atoms with Crippen LogP contribution in [0, 0.1) is 0 Å². The molecule has 0 bridgehead atoms. The lowest BCUT2D eigenvalue weighted by atomic mass is 9.95. The molecule has 0 unspecified atom stereocenters. The van der Waals surface area contributed by atoms with Crippen LogP contribution in [0.4, 0.5) is 0 Å². The summed E-state index contributed by atoms with van der Waals surface area (Å²) < 4.78 is 12.7. The van der Waals surface area contributed by atoms with Crippen molar-refractivity contribution in [1.82, 2.24) is 0 Å². The average molecular weight is 298 g/mol. The standard InChI is InChI=1S/C13H16BrNO2/c14-9-2-3-10-12(17-7-1-6-16-10)11(9)13(8-15)4-5-13/h2-3H,1,4-8,15H2. The SMILES string of the molecule is NCC1(c2c(Br)ccc3c2OCCCO3)CC1. The van der Waals surface area contributed by atoms with Crippen molar-refractivity contribution in [3.8, 4) is 11.5 Å². The number of nitrogens with two attached hydrogens (primary N) is 1. The van der Waals surface area contributed by atoms with E-state index in [1.165, 1.54) is 5.56 Å². The third-order valence-electron chi connectivity index (χ3n) is 3.64. The molecular weight excluding hydrogens is 282 g/mol. The third-order valence-corrected chi connectivity index (χ3v) is 4.30. The second-order valence-electron chi connectivity index (χ2n) is 4.78. The van der Waals surface area contributed by atoms with Crippen LogP contribution in [-0.2, 0) is 5.41 Å². The largest absolute Gasteiger partial charge is 0.490 e. The van der Waals surface area contributed by atoms with Gasteiger partial charge in [-0.05, 0) is 25.0 Å². The summed E-state index contributed by atoms with van der Waals surface area (Å²) in [6.45, 7) is 2.12. The number of hydrogen-bond acceptors (Lipinski definition) is 3. The molecule has 0 amide bonds. The van der Waals surface area contributed by atoms with Crippen molar-refractivity contribution in [3.05, 3.63) is 22.2 Å². The second-order valence-corrected chi connectivity index (χ2v) is 5.64. The van der Waals surface area contributed by atoms with Gasteiger partial charge in [-0.25, -0.2) is 0 Å². The molecule has 0 atom stereocenters. The van der Waals surface area contributed by atoms with Gasteiger partial charge in [0.05, 0.1) is 13.2 Å². The zero-order valence-electron chi connectivity index (χ0n) is 9.67. The third kappa shape index (κ3) is 1.83. The summed E-state index contributed by atoms with van der Waals surface area (Å²) in [5.41, 5.74) is 7.24. The fourth-order valence-electron chi connectivity index (χ4n) is 2.41.